The minimum Gasteiger partial charge on any atom is -0.462 e. The Kier molecular flexibility index (Phi) is 39.4. The fourth-order valence-corrected chi connectivity index (χ4v) is 10.8. The molecule has 1 aromatic rings. The van der Waals surface area contributed by atoms with E-state index in [0.29, 0.717) is 12.8 Å². The number of carbonyl (C=O) groups is 2. The van der Waals surface area contributed by atoms with Gasteiger partial charge in [-0.25, -0.2) is 13.9 Å². The molecule has 10 atom stereocenters. The highest BCUT2D eigenvalue weighted by atomic mass is 31.3. The maximum absolute atomic E-state index is 13.0. The Morgan fingerprint density at radius 2 is 1.19 bits per heavy atom. The number of unbranched alkanes of at least 4 members (excludes halogenated alkanes) is 17. The number of carbonyl (C=O) groups excluding carboxylic acids is 2. The number of aromatic nitrogens is 2. The molecule has 0 saturated carbocycles. The molecule has 0 aromatic carbocycles. The van der Waals surface area contributed by atoms with Crippen LogP contribution in [0.1, 0.15) is 213 Å². The van der Waals surface area contributed by atoms with E-state index < -0.39 is 95.9 Å². The first-order valence-corrected chi connectivity index (χ1v) is 32.2. The van der Waals surface area contributed by atoms with Crippen molar-refractivity contribution in [3.63, 3.8) is 0 Å². The number of phosphoric ester groups is 2. The SMILES string of the molecule is CC/C=C\C/C=C\C/C=C\C/C=C\C[C@@H](O)[C@H](O)CCCC(=O)O[C@H](COC(=O)CCCCCCCCCCCCCCCCCCCCC(C)CC)COP(=O)(O)OP(=O)(O)OC[C@H]1O[C@@H](n2ccc(N)nc2=O)[C@H](O)[C@@H]1O. The number of aliphatic hydroxyl groups excluding tert-OH is 4. The number of nitrogen functional groups attached to an aromatic ring is 1. The number of rotatable bonds is 48. The van der Waals surface area contributed by atoms with Crippen LogP contribution in [0.3, 0.4) is 0 Å². The van der Waals surface area contributed by atoms with Gasteiger partial charge in [-0.2, -0.15) is 9.29 Å². The number of aliphatic hydroxyl groups is 4. The van der Waals surface area contributed by atoms with Gasteiger partial charge >= 0.3 is 33.3 Å². The molecule has 79 heavy (non-hydrogen) atoms. The third-order valence-corrected chi connectivity index (χ3v) is 16.3. The second kappa shape index (κ2) is 43.3. The summed E-state index contributed by atoms with van der Waals surface area (Å²) in [6, 6.07) is 1.23. The van der Waals surface area contributed by atoms with Crippen LogP contribution in [-0.2, 0) is 46.3 Å². The quantitative estimate of drug-likeness (QED) is 0.0138. The Bertz CT molecular complexity index is 2070. The van der Waals surface area contributed by atoms with Gasteiger partial charge in [-0.1, -0.05) is 191 Å². The molecule has 0 spiro atoms. The monoisotopic (exact) mass is 1160 g/mol. The third kappa shape index (κ3) is 35.3. The van der Waals surface area contributed by atoms with Gasteiger partial charge in [0.05, 0.1) is 25.4 Å². The van der Waals surface area contributed by atoms with Gasteiger partial charge in [0.15, 0.2) is 12.3 Å². The Morgan fingerprint density at radius 1 is 0.684 bits per heavy atom. The standard InChI is InChI=1S/C57H99N3O17P2/c1-4-6-7-8-9-10-11-21-24-27-30-33-37-48(61)49(62)38-35-40-53(64)75-47(43-72-52(63)39-34-31-28-25-22-19-17-15-13-12-14-16-18-20-23-26-29-32-36-46(3)5-2)44-73-78(68,69)77-79(70,71)74-45-50-54(65)55(66)56(76-50)60-42-41-51(58)59-57(60)67/h6-7,9-10,21,24,30,33,41-42,46-50,54-56,61-62,65-66H,4-5,8,11-20,22-23,25-29,31-32,34-40,43-45H2,1-3H3,(H,68,69)(H,70,71)(H2,58,59,67)/b7-6-,10-9-,24-21-,33-30-/t46?,47-,48-,49-,50-,54-,55-,56-/m1/s1. The fourth-order valence-electron chi connectivity index (χ4n) is 8.67. The zero-order chi connectivity index (χ0) is 58.2. The van der Waals surface area contributed by atoms with E-state index in [0.717, 1.165) is 61.6 Å². The van der Waals surface area contributed by atoms with Crippen molar-refractivity contribution in [2.45, 2.75) is 250 Å². The Morgan fingerprint density at radius 3 is 1.73 bits per heavy atom. The first-order valence-electron chi connectivity index (χ1n) is 29.2. The number of nitrogens with two attached hydrogens (primary N) is 1. The Hall–Kier alpha value is -3.36. The van der Waals surface area contributed by atoms with Crippen LogP contribution >= 0.6 is 15.6 Å². The zero-order valence-electron chi connectivity index (χ0n) is 47.6. The van der Waals surface area contributed by atoms with Gasteiger partial charge in [0.1, 0.15) is 30.7 Å². The van der Waals surface area contributed by atoms with E-state index in [9.17, 15) is 53.7 Å². The molecule has 3 unspecified atom stereocenters. The maximum Gasteiger partial charge on any atom is 0.481 e. The normalized spacial score (nSPS) is 20.0. The van der Waals surface area contributed by atoms with Crippen molar-refractivity contribution in [3.05, 3.63) is 71.4 Å². The van der Waals surface area contributed by atoms with Crippen LogP contribution in [0.15, 0.2) is 65.7 Å². The summed E-state index contributed by atoms with van der Waals surface area (Å²) in [5, 5.41) is 42.0. The molecule has 0 aliphatic carbocycles. The lowest BCUT2D eigenvalue weighted by Gasteiger charge is -2.22. The number of hydrogen-bond donors (Lipinski definition) is 7. The summed E-state index contributed by atoms with van der Waals surface area (Å²) in [5.41, 5.74) is 4.57. The van der Waals surface area contributed by atoms with E-state index in [4.69, 9.17) is 29.0 Å². The molecular weight excluding hydrogens is 1060 g/mol. The van der Waals surface area contributed by atoms with Crippen LogP contribution in [0.2, 0.25) is 0 Å². The van der Waals surface area contributed by atoms with E-state index >= 15 is 0 Å². The van der Waals surface area contributed by atoms with Crippen LogP contribution < -0.4 is 11.4 Å². The molecular formula is C57H99N3O17P2. The smallest absolute Gasteiger partial charge is 0.462 e. The Labute approximate surface area is 470 Å². The predicted octanol–water partition coefficient (Wildman–Crippen LogP) is 11.1. The molecule has 2 heterocycles. The van der Waals surface area contributed by atoms with E-state index in [1.807, 2.05) is 18.2 Å². The van der Waals surface area contributed by atoms with E-state index in [-0.39, 0.29) is 37.9 Å². The van der Waals surface area contributed by atoms with Crippen molar-refractivity contribution in [3.8, 4) is 0 Å². The number of hydrogen-bond acceptors (Lipinski definition) is 17. The van der Waals surface area contributed by atoms with Crippen molar-refractivity contribution in [2.24, 2.45) is 5.92 Å². The summed E-state index contributed by atoms with van der Waals surface area (Å²) in [6.07, 6.45) is 34.8. The van der Waals surface area contributed by atoms with Crippen molar-refractivity contribution >= 4 is 33.4 Å². The molecule has 1 saturated heterocycles. The number of phosphoric acid groups is 2. The van der Waals surface area contributed by atoms with Crippen LogP contribution in [0, 0.1) is 5.92 Å². The van der Waals surface area contributed by atoms with E-state index in [1.165, 1.54) is 102 Å². The fraction of sp³-hybridized carbons (Fsp3) is 0.754. The summed E-state index contributed by atoms with van der Waals surface area (Å²) in [6.45, 7) is 4.17. The molecule has 0 amide bonds. The highest BCUT2D eigenvalue weighted by molar-refractivity contribution is 7.61. The van der Waals surface area contributed by atoms with Gasteiger partial charge in [0.2, 0.25) is 0 Å². The minimum atomic E-state index is -5.51. The van der Waals surface area contributed by atoms with Gasteiger partial charge in [-0.3, -0.25) is 23.2 Å². The van der Waals surface area contributed by atoms with Crippen LogP contribution in [0.25, 0.3) is 0 Å². The molecule has 2 rings (SSSR count). The first-order chi connectivity index (χ1) is 37.9. The largest absolute Gasteiger partial charge is 0.481 e. The van der Waals surface area contributed by atoms with Crippen molar-refractivity contribution in [1.82, 2.24) is 9.55 Å². The average Bonchev–Trinajstić information content (AvgIpc) is 3.71. The zero-order valence-corrected chi connectivity index (χ0v) is 49.3. The van der Waals surface area contributed by atoms with Gasteiger partial charge in [-0.05, 0) is 63.4 Å². The highest BCUT2D eigenvalue weighted by Crippen LogP contribution is 2.60. The second-order valence-electron chi connectivity index (χ2n) is 20.7. The molecule has 20 nitrogen and oxygen atoms in total. The molecule has 0 bridgehead atoms. The summed E-state index contributed by atoms with van der Waals surface area (Å²) < 4.78 is 56.8. The lowest BCUT2D eigenvalue weighted by molar-refractivity contribution is -0.161. The van der Waals surface area contributed by atoms with Crippen LogP contribution in [0.4, 0.5) is 5.82 Å². The average molecular weight is 1160 g/mol. The van der Waals surface area contributed by atoms with Crippen LogP contribution in [0.5, 0.6) is 0 Å². The lowest BCUT2D eigenvalue weighted by Crippen LogP contribution is -2.36. The highest BCUT2D eigenvalue weighted by Gasteiger charge is 2.46. The minimum absolute atomic E-state index is 0.0320. The van der Waals surface area contributed by atoms with E-state index in [1.54, 1.807) is 6.08 Å². The summed E-state index contributed by atoms with van der Waals surface area (Å²) in [7, 11) is -11.0. The van der Waals surface area contributed by atoms with Crippen molar-refractivity contribution in [2.75, 3.05) is 25.6 Å². The van der Waals surface area contributed by atoms with Crippen molar-refractivity contribution in [1.29, 1.82) is 0 Å². The van der Waals surface area contributed by atoms with Gasteiger partial charge in [0, 0.05) is 19.0 Å². The van der Waals surface area contributed by atoms with Gasteiger partial charge in [-0.15, -0.1) is 0 Å². The lowest BCUT2D eigenvalue weighted by atomic mass is 9.99. The van der Waals surface area contributed by atoms with E-state index in [2.05, 4.69) is 54.4 Å². The topological polar surface area (TPSA) is 306 Å². The summed E-state index contributed by atoms with van der Waals surface area (Å²) in [5.74, 6) is -0.729. The Balaban J connectivity index is 1.79. The van der Waals surface area contributed by atoms with Gasteiger partial charge in [0.25, 0.3) is 0 Å². The number of nitrogens with zero attached hydrogens (tertiary/aromatic N) is 2. The number of allylic oxidation sites excluding steroid dienone is 7. The molecule has 22 heteroatoms. The first kappa shape index (κ1) is 71.7. The maximum atomic E-state index is 13.0. The summed E-state index contributed by atoms with van der Waals surface area (Å²) >= 11 is 0. The number of anilines is 1. The number of esters is 2. The second-order valence-corrected chi connectivity index (χ2v) is 23.7. The number of ether oxygens (including phenoxy) is 3. The molecule has 1 aliphatic heterocycles. The molecule has 0 radical (unpaired) electrons. The predicted molar refractivity (Wildman–Crippen MR) is 305 cm³/mol. The van der Waals surface area contributed by atoms with Gasteiger partial charge < -0.3 is 50.2 Å². The van der Waals surface area contributed by atoms with Crippen molar-refractivity contribution < 1.29 is 76.5 Å². The molecule has 1 aliphatic rings. The van der Waals surface area contributed by atoms with Crippen LogP contribution in [-0.4, -0.2) is 108 Å². The molecule has 8 N–H and O–H groups in total. The third-order valence-electron chi connectivity index (χ3n) is 13.7. The molecule has 1 fully saturated rings. The summed E-state index contributed by atoms with van der Waals surface area (Å²) in [4.78, 5) is 62.2. The molecule has 1 aromatic heterocycles. The molecule has 454 valence electrons.